The van der Waals surface area contributed by atoms with Crippen molar-refractivity contribution in [1.82, 2.24) is 0 Å². The first-order valence-corrected chi connectivity index (χ1v) is 9.73. The van der Waals surface area contributed by atoms with Gasteiger partial charge >= 0.3 is 6.09 Å². The minimum atomic E-state index is -1.64. The van der Waals surface area contributed by atoms with Crippen LogP contribution in [0.4, 0.5) is 10.5 Å². The van der Waals surface area contributed by atoms with Crippen LogP contribution in [-0.4, -0.2) is 16.8 Å². The van der Waals surface area contributed by atoms with Crippen LogP contribution in [0.15, 0.2) is 84.9 Å². The molecule has 4 nitrogen and oxygen atoms in total. The number of hydrogen-bond donors (Lipinski definition) is 2. The van der Waals surface area contributed by atoms with Gasteiger partial charge in [0.15, 0.2) is 5.60 Å². The van der Waals surface area contributed by atoms with Crippen LogP contribution in [0.3, 0.4) is 0 Å². The summed E-state index contributed by atoms with van der Waals surface area (Å²) in [5.41, 5.74) is 0.00664. The Bertz CT molecular complexity index is 1060. The molecule has 0 bridgehead atoms. The third-order valence-electron chi connectivity index (χ3n) is 4.31. The predicted octanol–water partition coefficient (Wildman–Crippen LogP) is 5.32. The lowest BCUT2D eigenvalue weighted by Gasteiger charge is -2.27. The second-order valence-electron chi connectivity index (χ2n) is 7.86. The van der Waals surface area contributed by atoms with Crippen LogP contribution >= 0.6 is 0 Å². The van der Waals surface area contributed by atoms with Gasteiger partial charge in [0.25, 0.3) is 0 Å². The van der Waals surface area contributed by atoms with E-state index in [0.717, 1.165) is 5.56 Å². The molecule has 3 aromatic carbocycles. The van der Waals surface area contributed by atoms with Crippen LogP contribution < -0.4 is 5.32 Å². The van der Waals surface area contributed by atoms with E-state index < -0.39 is 17.3 Å². The number of anilines is 1. The Morgan fingerprint density at radius 1 is 0.867 bits per heavy atom. The van der Waals surface area contributed by atoms with E-state index in [2.05, 4.69) is 17.2 Å². The summed E-state index contributed by atoms with van der Waals surface area (Å²) in [4.78, 5) is 12.4. The first-order valence-electron chi connectivity index (χ1n) is 9.73. The smallest absolute Gasteiger partial charge is 0.412 e. The van der Waals surface area contributed by atoms with Crippen molar-refractivity contribution < 1.29 is 14.6 Å². The summed E-state index contributed by atoms with van der Waals surface area (Å²) in [5.74, 6) is 6.08. The highest BCUT2D eigenvalue weighted by molar-refractivity contribution is 5.86. The van der Waals surface area contributed by atoms with Crippen LogP contribution in [-0.2, 0) is 10.3 Å². The van der Waals surface area contributed by atoms with Gasteiger partial charge in [0.1, 0.15) is 5.60 Å². The molecule has 1 unspecified atom stereocenters. The maximum atomic E-state index is 12.4. The zero-order valence-electron chi connectivity index (χ0n) is 17.3. The van der Waals surface area contributed by atoms with E-state index in [1.165, 1.54) is 0 Å². The lowest BCUT2D eigenvalue weighted by Crippen LogP contribution is -2.30. The number of amides is 1. The zero-order valence-corrected chi connectivity index (χ0v) is 17.3. The molecule has 0 aliphatic carbocycles. The Morgan fingerprint density at radius 3 is 2.07 bits per heavy atom. The van der Waals surface area contributed by atoms with Gasteiger partial charge in [0.05, 0.1) is 5.69 Å². The molecular weight excluding hydrogens is 374 g/mol. The predicted molar refractivity (Wildman–Crippen MR) is 119 cm³/mol. The van der Waals surface area contributed by atoms with Crippen molar-refractivity contribution in [3.63, 3.8) is 0 Å². The van der Waals surface area contributed by atoms with Crippen molar-refractivity contribution in [1.29, 1.82) is 0 Å². The molecule has 0 fully saturated rings. The molecular formula is C26H25NO3. The quantitative estimate of drug-likeness (QED) is 0.586. The largest absolute Gasteiger partial charge is 0.444 e. The fraction of sp³-hybridized carbons (Fsp3) is 0.192. The summed E-state index contributed by atoms with van der Waals surface area (Å²) in [7, 11) is 0. The van der Waals surface area contributed by atoms with E-state index in [1.807, 2.05) is 60.7 Å². The first kappa shape index (κ1) is 21.2. The van der Waals surface area contributed by atoms with E-state index in [4.69, 9.17) is 4.74 Å². The molecule has 0 saturated heterocycles. The Labute approximate surface area is 177 Å². The number of benzene rings is 3. The maximum absolute atomic E-state index is 12.4. The van der Waals surface area contributed by atoms with Crippen LogP contribution in [0, 0.1) is 11.8 Å². The van der Waals surface area contributed by atoms with E-state index in [9.17, 15) is 9.90 Å². The van der Waals surface area contributed by atoms with Gasteiger partial charge in [-0.2, -0.15) is 0 Å². The minimum Gasteiger partial charge on any atom is -0.444 e. The molecule has 0 spiro atoms. The van der Waals surface area contributed by atoms with Crippen LogP contribution in [0.2, 0.25) is 0 Å². The Kier molecular flexibility index (Phi) is 6.25. The number of aliphatic hydroxyl groups is 1. The van der Waals surface area contributed by atoms with E-state index in [-0.39, 0.29) is 0 Å². The summed E-state index contributed by atoms with van der Waals surface area (Å²) in [5, 5.41) is 14.5. The molecule has 0 heterocycles. The van der Waals surface area contributed by atoms with Crippen molar-refractivity contribution in [2.75, 3.05) is 5.32 Å². The summed E-state index contributed by atoms with van der Waals surface area (Å²) >= 11 is 0. The molecule has 1 atom stereocenters. The average Bonchev–Trinajstić information content (AvgIpc) is 2.72. The third kappa shape index (κ3) is 5.28. The fourth-order valence-electron chi connectivity index (χ4n) is 2.98. The van der Waals surface area contributed by atoms with Gasteiger partial charge in [0.2, 0.25) is 0 Å². The molecule has 0 aliphatic heterocycles. The first-order chi connectivity index (χ1) is 14.3. The van der Waals surface area contributed by atoms with E-state index >= 15 is 0 Å². The molecule has 0 aromatic heterocycles. The molecule has 3 rings (SSSR count). The van der Waals surface area contributed by atoms with Gasteiger partial charge in [-0.25, -0.2) is 4.79 Å². The number of carbonyl (C=O) groups is 1. The van der Waals surface area contributed by atoms with Crippen LogP contribution in [0.5, 0.6) is 0 Å². The Balaban J connectivity index is 2.08. The molecule has 1 amide bonds. The summed E-state index contributed by atoms with van der Waals surface area (Å²) in [6, 6.07) is 25.7. The average molecular weight is 399 g/mol. The van der Waals surface area contributed by atoms with Crippen molar-refractivity contribution in [2.24, 2.45) is 0 Å². The van der Waals surface area contributed by atoms with Gasteiger partial charge in [-0.15, -0.1) is 0 Å². The zero-order chi connectivity index (χ0) is 21.6. The second kappa shape index (κ2) is 8.86. The number of para-hydroxylation sites is 1. The van der Waals surface area contributed by atoms with Crippen molar-refractivity contribution in [3.05, 3.63) is 102 Å². The lowest BCUT2D eigenvalue weighted by molar-refractivity contribution is 0.0635. The number of nitrogens with one attached hydrogen (secondary N) is 1. The molecule has 3 aromatic rings. The number of hydrogen-bond acceptors (Lipinski definition) is 3. The van der Waals surface area contributed by atoms with Crippen molar-refractivity contribution >= 4 is 11.8 Å². The molecule has 0 aliphatic rings. The highest BCUT2D eigenvalue weighted by Gasteiger charge is 2.32. The molecule has 4 heteroatoms. The van der Waals surface area contributed by atoms with Crippen molar-refractivity contribution in [2.45, 2.75) is 32.0 Å². The summed E-state index contributed by atoms with van der Waals surface area (Å²) in [6.07, 6.45) is -0.596. The van der Waals surface area contributed by atoms with Gasteiger partial charge < -0.3 is 9.84 Å². The van der Waals surface area contributed by atoms with E-state index in [0.29, 0.717) is 16.8 Å². The van der Waals surface area contributed by atoms with Crippen molar-refractivity contribution in [3.8, 4) is 11.8 Å². The number of ether oxygens (including phenoxy) is 1. The topological polar surface area (TPSA) is 58.6 Å². The van der Waals surface area contributed by atoms with Gasteiger partial charge in [-0.3, -0.25) is 5.32 Å². The minimum absolute atomic E-state index is 0.431. The molecule has 30 heavy (non-hydrogen) atoms. The van der Waals surface area contributed by atoms with Gasteiger partial charge in [0, 0.05) is 16.7 Å². The summed E-state index contributed by atoms with van der Waals surface area (Å²) in [6.45, 7) is 5.39. The maximum Gasteiger partial charge on any atom is 0.412 e. The van der Waals surface area contributed by atoms with Crippen LogP contribution in [0.1, 0.15) is 37.5 Å². The third-order valence-corrected chi connectivity index (χ3v) is 4.31. The molecule has 2 N–H and O–H groups in total. The van der Waals surface area contributed by atoms with Gasteiger partial charge in [-0.05, 0) is 39.0 Å². The molecule has 0 saturated carbocycles. The van der Waals surface area contributed by atoms with Gasteiger partial charge in [-0.1, -0.05) is 78.6 Å². The van der Waals surface area contributed by atoms with E-state index in [1.54, 1.807) is 45.0 Å². The standard InChI is InChI=1S/C26H25NO3/c1-25(2,3)30-24(28)27-23-17-11-10-16-22(23)26(29,21-14-8-5-9-15-21)19-18-20-12-6-4-7-13-20/h4-17,29H,1-3H3,(H,27,28). The highest BCUT2D eigenvalue weighted by Crippen LogP contribution is 2.34. The monoisotopic (exact) mass is 399 g/mol. The normalized spacial score (nSPS) is 12.8. The number of carbonyl (C=O) groups excluding carboxylic acids is 1. The molecule has 152 valence electrons. The second-order valence-corrected chi connectivity index (χ2v) is 7.86. The SMILES string of the molecule is CC(C)(C)OC(=O)Nc1ccccc1C(O)(C#Cc1ccccc1)c1ccccc1. The summed E-state index contributed by atoms with van der Waals surface area (Å²) < 4.78 is 5.38. The van der Waals surface area contributed by atoms with Crippen LogP contribution in [0.25, 0.3) is 0 Å². The Hall–Kier alpha value is -3.55. The fourth-order valence-corrected chi connectivity index (χ4v) is 2.98. The number of rotatable bonds is 3. The molecule has 0 radical (unpaired) electrons. The highest BCUT2D eigenvalue weighted by atomic mass is 16.6. The lowest BCUT2D eigenvalue weighted by atomic mass is 9.85. The Morgan fingerprint density at radius 2 is 1.43 bits per heavy atom.